The van der Waals surface area contributed by atoms with Gasteiger partial charge < -0.3 is 33.7 Å². The number of ether oxygens (including phenoxy) is 4. The minimum absolute atomic E-state index is 0.0431. The molecule has 5 aliphatic rings. The molecule has 12 heteroatoms. The predicted octanol–water partition coefficient (Wildman–Crippen LogP) is 3.65. The largest absolute Gasteiger partial charge is 0.496 e. The van der Waals surface area contributed by atoms with Crippen molar-refractivity contribution in [1.82, 2.24) is 15.0 Å². The number of hydrogen-bond donors (Lipinski definition) is 1. The van der Waals surface area contributed by atoms with Gasteiger partial charge in [0.05, 0.1) is 54.8 Å². The van der Waals surface area contributed by atoms with Gasteiger partial charge in [-0.05, 0) is 50.6 Å². The van der Waals surface area contributed by atoms with Gasteiger partial charge in [-0.25, -0.2) is 9.98 Å². The van der Waals surface area contributed by atoms with E-state index < -0.39 is 0 Å². The van der Waals surface area contributed by atoms with Gasteiger partial charge in [0, 0.05) is 43.0 Å². The molecule has 2 fully saturated rings. The van der Waals surface area contributed by atoms with Crippen LogP contribution in [0.25, 0.3) is 11.1 Å². The molecule has 0 radical (unpaired) electrons. The zero-order chi connectivity index (χ0) is 30.8. The molecular weight excluding hydrogens is 576 g/mol. The summed E-state index contributed by atoms with van der Waals surface area (Å²) in [7, 11) is 1.67. The predicted molar refractivity (Wildman–Crippen MR) is 167 cm³/mol. The molecule has 45 heavy (non-hydrogen) atoms. The van der Waals surface area contributed by atoms with Gasteiger partial charge in [0.15, 0.2) is 11.5 Å². The lowest BCUT2D eigenvalue weighted by atomic mass is 9.86. The number of aliphatic imine (C=N–C) groups is 2. The molecule has 2 saturated heterocycles. The van der Waals surface area contributed by atoms with E-state index in [1.54, 1.807) is 7.11 Å². The van der Waals surface area contributed by atoms with E-state index in [0.717, 1.165) is 71.4 Å². The van der Waals surface area contributed by atoms with E-state index >= 15 is 0 Å². The topological polar surface area (TPSA) is 123 Å². The Bertz CT molecular complexity index is 1730. The van der Waals surface area contributed by atoms with Crippen LogP contribution in [0, 0.1) is 13.8 Å². The highest BCUT2D eigenvalue weighted by Gasteiger charge is 2.42. The van der Waals surface area contributed by atoms with Crippen molar-refractivity contribution in [1.29, 1.82) is 0 Å². The van der Waals surface area contributed by atoms with Crippen molar-refractivity contribution >= 4 is 23.1 Å². The Hall–Kier alpha value is -4.42. The standard InChI is InChI=1S/C33H36N6O6/c1-17-27(18(2)45-37-17)24-13-25-23(14-26(24)41-4)28-29(34-19(3)35-32(28)36-25)21-5-6-22(31-30(21)43-11-12-44-31)33(40)39-9-7-38(8-10-39)20-15-42-16-20/h5-6,13-14,20,28,32,36H,7-12,15-16H2,1-4H3/t28?,32-/m0/s1. The minimum Gasteiger partial charge on any atom is -0.496 e. The van der Waals surface area contributed by atoms with E-state index in [9.17, 15) is 4.79 Å². The maximum absolute atomic E-state index is 13.8. The maximum Gasteiger partial charge on any atom is 0.257 e. The molecule has 0 saturated carbocycles. The highest BCUT2D eigenvalue weighted by atomic mass is 16.6. The molecule has 234 valence electrons. The van der Waals surface area contributed by atoms with Crippen LogP contribution in [0.4, 0.5) is 5.69 Å². The monoisotopic (exact) mass is 612 g/mol. The van der Waals surface area contributed by atoms with E-state index in [1.807, 2.05) is 37.8 Å². The number of benzene rings is 2. The number of nitrogens with one attached hydrogen (secondary N) is 1. The second-order valence-electron chi connectivity index (χ2n) is 12.1. The Morgan fingerprint density at radius 3 is 2.47 bits per heavy atom. The Morgan fingerprint density at radius 2 is 1.78 bits per heavy atom. The molecule has 1 unspecified atom stereocenters. The summed E-state index contributed by atoms with van der Waals surface area (Å²) >= 11 is 0. The van der Waals surface area contributed by atoms with Gasteiger partial charge in [0.2, 0.25) is 0 Å². The fourth-order valence-electron chi connectivity index (χ4n) is 7.13. The van der Waals surface area contributed by atoms with Gasteiger partial charge >= 0.3 is 0 Å². The van der Waals surface area contributed by atoms with E-state index in [0.29, 0.717) is 61.0 Å². The van der Waals surface area contributed by atoms with Crippen molar-refractivity contribution in [3.8, 4) is 28.4 Å². The fraction of sp³-hybridized carbons (Fsp3) is 0.455. The van der Waals surface area contributed by atoms with Gasteiger partial charge in [0.1, 0.15) is 36.7 Å². The van der Waals surface area contributed by atoms with Crippen molar-refractivity contribution in [2.45, 2.75) is 38.9 Å². The Balaban J connectivity index is 1.15. The first-order chi connectivity index (χ1) is 21.9. The van der Waals surface area contributed by atoms with Crippen LogP contribution in [0.5, 0.6) is 17.2 Å². The Kier molecular flexibility index (Phi) is 6.79. The van der Waals surface area contributed by atoms with E-state index in [4.69, 9.17) is 33.5 Å². The molecule has 1 N–H and O–H groups in total. The van der Waals surface area contributed by atoms with E-state index in [1.165, 1.54) is 0 Å². The van der Waals surface area contributed by atoms with Crippen LogP contribution in [0.3, 0.4) is 0 Å². The summed E-state index contributed by atoms with van der Waals surface area (Å²) in [5.41, 5.74) is 6.69. The molecule has 3 aromatic rings. The van der Waals surface area contributed by atoms with Crippen molar-refractivity contribution in [2.75, 3.05) is 65.0 Å². The summed E-state index contributed by atoms with van der Waals surface area (Å²) in [4.78, 5) is 28.0. The number of aryl methyl sites for hydroxylation is 2. The zero-order valence-electron chi connectivity index (χ0n) is 25.9. The molecule has 6 heterocycles. The van der Waals surface area contributed by atoms with Crippen LogP contribution in [0.15, 0.2) is 38.8 Å². The molecule has 0 bridgehead atoms. The third-order valence-electron chi connectivity index (χ3n) is 9.46. The van der Waals surface area contributed by atoms with Gasteiger partial charge in [-0.1, -0.05) is 5.16 Å². The van der Waals surface area contributed by atoms with Crippen LogP contribution < -0.4 is 19.5 Å². The molecule has 1 aromatic heterocycles. The van der Waals surface area contributed by atoms with Gasteiger partial charge in [-0.15, -0.1) is 0 Å². The normalized spacial score (nSPS) is 22.5. The lowest BCUT2D eigenvalue weighted by Crippen LogP contribution is -2.57. The number of anilines is 1. The molecule has 0 spiro atoms. The first-order valence-corrected chi connectivity index (χ1v) is 15.5. The molecule has 1 amide bonds. The summed E-state index contributed by atoms with van der Waals surface area (Å²) in [6.07, 6.45) is -0.268. The van der Waals surface area contributed by atoms with E-state index in [-0.39, 0.29) is 18.0 Å². The maximum atomic E-state index is 13.8. The summed E-state index contributed by atoms with van der Waals surface area (Å²) in [6, 6.07) is 8.41. The molecule has 2 atom stereocenters. The summed E-state index contributed by atoms with van der Waals surface area (Å²) in [5, 5.41) is 7.76. The first-order valence-electron chi connectivity index (χ1n) is 15.5. The van der Waals surface area contributed by atoms with Crippen molar-refractivity contribution in [2.24, 2.45) is 9.98 Å². The average molecular weight is 613 g/mol. The van der Waals surface area contributed by atoms with E-state index in [2.05, 4.69) is 27.5 Å². The SMILES string of the molecule is COc1cc2c(cc1-c1c(C)noc1C)N[C@@H]1N=C(C)N=C(c3ccc(C(=O)N4CCN(C5COC5)CC4)c4c3OCCO4)C21. The third kappa shape index (κ3) is 4.57. The number of fused-ring (bicyclic) bond motifs is 4. The lowest BCUT2D eigenvalue weighted by Gasteiger charge is -2.42. The van der Waals surface area contributed by atoms with Crippen LogP contribution in [0.1, 0.15) is 45.8 Å². The molecule has 5 aliphatic heterocycles. The molecule has 2 aromatic carbocycles. The molecular formula is C33H36N6O6. The number of amidine groups is 1. The number of amides is 1. The lowest BCUT2D eigenvalue weighted by molar-refractivity contribution is -0.0746. The highest BCUT2D eigenvalue weighted by molar-refractivity contribution is 6.16. The number of methoxy groups -OCH3 is 1. The zero-order valence-corrected chi connectivity index (χ0v) is 25.9. The Labute approximate surface area is 261 Å². The second-order valence-corrected chi connectivity index (χ2v) is 12.1. The Morgan fingerprint density at radius 1 is 1.00 bits per heavy atom. The minimum atomic E-state index is -0.268. The summed E-state index contributed by atoms with van der Waals surface area (Å²) in [6.45, 7) is 11.0. The number of aromatic nitrogens is 1. The van der Waals surface area contributed by atoms with Crippen molar-refractivity contribution < 1.29 is 28.3 Å². The third-order valence-corrected chi connectivity index (χ3v) is 9.46. The molecule has 8 rings (SSSR count). The molecule has 0 aliphatic carbocycles. The number of nitrogens with zero attached hydrogens (tertiary/aromatic N) is 5. The highest BCUT2D eigenvalue weighted by Crippen LogP contribution is 2.49. The van der Waals surface area contributed by atoms with Crippen molar-refractivity contribution in [3.05, 3.63) is 52.4 Å². The van der Waals surface area contributed by atoms with Crippen LogP contribution >= 0.6 is 0 Å². The molecule has 12 nitrogen and oxygen atoms in total. The average Bonchev–Trinajstić information content (AvgIpc) is 3.56. The number of rotatable bonds is 5. The quantitative estimate of drug-likeness (QED) is 0.460. The van der Waals surface area contributed by atoms with Gasteiger partial charge in [-0.2, -0.15) is 0 Å². The first kappa shape index (κ1) is 28.1. The van der Waals surface area contributed by atoms with Crippen LogP contribution in [-0.4, -0.2) is 104 Å². The fourth-order valence-corrected chi connectivity index (χ4v) is 7.13. The summed E-state index contributed by atoms with van der Waals surface area (Å²) in [5.74, 6) is 2.88. The number of carbonyl (C=O) groups excluding carboxylic acids is 1. The smallest absolute Gasteiger partial charge is 0.257 e. The number of hydrogen-bond acceptors (Lipinski definition) is 11. The van der Waals surface area contributed by atoms with Crippen LogP contribution in [0.2, 0.25) is 0 Å². The van der Waals surface area contributed by atoms with Gasteiger partial charge in [-0.3, -0.25) is 9.69 Å². The number of carbonyl (C=O) groups is 1. The number of piperazine rings is 1. The summed E-state index contributed by atoms with van der Waals surface area (Å²) < 4.78 is 29.2. The second kappa shape index (κ2) is 10.9. The van der Waals surface area contributed by atoms with Crippen LogP contribution in [-0.2, 0) is 4.74 Å². The van der Waals surface area contributed by atoms with Crippen molar-refractivity contribution in [3.63, 3.8) is 0 Å². The van der Waals surface area contributed by atoms with Gasteiger partial charge in [0.25, 0.3) is 5.91 Å².